The van der Waals surface area contributed by atoms with E-state index in [4.69, 9.17) is 11.6 Å². The van der Waals surface area contributed by atoms with Crippen molar-refractivity contribution < 1.29 is 5.11 Å². The summed E-state index contributed by atoms with van der Waals surface area (Å²) in [5, 5.41) is 10.8. The normalized spacial score (nSPS) is 26.8. The molecule has 1 nitrogen and oxygen atoms in total. The van der Waals surface area contributed by atoms with Gasteiger partial charge in [0.15, 0.2) is 0 Å². The Morgan fingerprint density at radius 1 is 1.50 bits per heavy atom. The Labute approximate surface area is 93.5 Å². The maximum absolute atomic E-state index is 10.1. The first-order valence-electron chi connectivity index (χ1n) is 4.72. The van der Waals surface area contributed by atoms with E-state index in [1.165, 1.54) is 5.56 Å². The average Bonchev–Trinajstić information content (AvgIpc) is 2.30. The lowest BCUT2D eigenvalue weighted by Crippen LogP contribution is -2.10. The molecule has 1 aliphatic rings. The molecule has 0 fully saturated rings. The van der Waals surface area contributed by atoms with Crippen LogP contribution in [0.3, 0.4) is 0 Å². The zero-order valence-electron chi connectivity index (χ0n) is 8.03. The van der Waals surface area contributed by atoms with Crippen LogP contribution in [0, 0.1) is 5.92 Å². The minimum absolute atomic E-state index is 0.305. The molecule has 1 aliphatic heterocycles. The number of hydrogen-bond acceptors (Lipinski definition) is 2. The van der Waals surface area contributed by atoms with Crippen molar-refractivity contribution in [2.75, 3.05) is 5.75 Å². The lowest BCUT2D eigenvalue weighted by atomic mass is 9.95. The van der Waals surface area contributed by atoms with E-state index in [-0.39, 0.29) is 6.10 Å². The Morgan fingerprint density at radius 2 is 2.29 bits per heavy atom. The van der Waals surface area contributed by atoms with Gasteiger partial charge in [0.05, 0.1) is 6.10 Å². The smallest absolute Gasteiger partial charge is 0.0826 e. The molecule has 0 aromatic heterocycles. The molecule has 1 heterocycles. The Hall–Kier alpha value is -0.180. The molecule has 2 rings (SSSR count). The summed E-state index contributed by atoms with van der Waals surface area (Å²) in [5.41, 5.74) is 2.23. The van der Waals surface area contributed by atoms with Crippen molar-refractivity contribution in [1.82, 2.24) is 0 Å². The zero-order chi connectivity index (χ0) is 10.1. The molecule has 0 saturated carbocycles. The minimum Gasteiger partial charge on any atom is -0.388 e. The maximum Gasteiger partial charge on any atom is 0.0826 e. The Kier molecular flexibility index (Phi) is 3.05. The molecule has 0 bridgehead atoms. The van der Waals surface area contributed by atoms with E-state index in [1.807, 2.05) is 30.0 Å². The van der Waals surface area contributed by atoms with E-state index in [2.05, 4.69) is 6.92 Å². The molecule has 2 atom stereocenters. The van der Waals surface area contributed by atoms with Crippen LogP contribution in [0.1, 0.15) is 24.2 Å². The van der Waals surface area contributed by atoms with Gasteiger partial charge in [-0.15, -0.1) is 0 Å². The molecule has 76 valence electrons. The molecule has 0 amide bonds. The molecule has 14 heavy (non-hydrogen) atoms. The second kappa shape index (κ2) is 4.13. The fraction of sp³-hybridized carbons (Fsp3) is 0.455. The van der Waals surface area contributed by atoms with E-state index < -0.39 is 0 Å². The standard InChI is InChI=1S/C11H13ClOS/c1-7-5-14-6-8-2-3-9(12)4-10(8)11(7)13/h2-4,7,11,13H,5-6H2,1H3. The van der Waals surface area contributed by atoms with Crippen molar-refractivity contribution in [2.24, 2.45) is 5.92 Å². The highest BCUT2D eigenvalue weighted by atomic mass is 35.5. The summed E-state index contributed by atoms with van der Waals surface area (Å²) in [4.78, 5) is 0. The lowest BCUT2D eigenvalue weighted by molar-refractivity contribution is 0.129. The third-order valence-electron chi connectivity index (χ3n) is 2.60. The zero-order valence-corrected chi connectivity index (χ0v) is 9.61. The predicted molar refractivity (Wildman–Crippen MR) is 61.7 cm³/mol. The number of benzene rings is 1. The highest BCUT2D eigenvalue weighted by molar-refractivity contribution is 7.98. The van der Waals surface area contributed by atoms with Crippen molar-refractivity contribution in [3.8, 4) is 0 Å². The van der Waals surface area contributed by atoms with Gasteiger partial charge in [-0.05, 0) is 34.9 Å². The molecule has 1 aromatic carbocycles. The van der Waals surface area contributed by atoms with Crippen LogP contribution in [0.2, 0.25) is 5.02 Å². The molecule has 3 heteroatoms. The Balaban J connectivity index is 2.44. The first kappa shape index (κ1) is 10.3. The van der Waals surface area contributed by atoms with Crippen LogP contribution < -0.4 is 0 Å². The van der Waals surface area contributed by atoms with Crippen LogP contribution in [0.25, 0.3) is 0 Å². The van der Waals surface area contributed by atoms with Crippen LogP contribution >= 0.6 is 23.4 Å². The second-order valence-corrected chi connectivity index (χ2v) is 5.25. The van der Waals surface area contributed by atoms with Crippen molar-refractivity contribution in [1.29, 1.82) is 0 Å². The molecule has 1 N–H and O–H groups in total. The highest BCUT2D eigenvalue weighted by Crippen LogP contribution is 2.35. The number of hydrogen-bond donors (Lipinski definition) is 1. The first-order valence-corrected chi connectivity index (χ1v) is 6.26. The van der Waals surface area contributed by atoms with Crippen LogP contribution in [0.4, 0.5) is 0 Å². The molecular formula is C11H13ClOS. The van der Waals surface area contributed by atoms with Crippen LogP contribution in [-0.4, -0.2) is 10.9 Å². The molecule has 0 spiro atoms. The van der Waals surface area contributed by atoms with Gasteiger partial charge in [-0.25, -0.2) is 0 Å². The van der Waals surface area contributed by atoms with Gasteiger partial charge in [-0.1, -0.05) is 24.6 Å². The summed E-state index contributed by atoms with van der Waals surface area (Å²) in [6.45, 7) is 2.08. The van der Waals surface area contributed by atoms with Crippen molar-refractivity contribution in [3.63, 3.8) is 0 Å². The van der Waals surface area contributed by atoms with Gasteiger partial charge in [0.2, 0.25) is 0 Å². The Bertz CT molecular complexity index is 340. The van der Waals surface area contributed by atoms with Crippen molar-refractivity contribution in [3.05, 3.63) is 34.3 Å². The summed E-state index contributed by atoms with van der Waals surface area (Å²) in [6.07, 6.45) is -0.362. The molecule has 0 saturated heterocycles. The lowest BCUT2D eigenvalue weighted by Gasteiger charge is -2.17. The quantitative estimate of drug-likeness (QED) is 0.736. The van der Waals surface area contributed by atoms with Gasteiger partial charge in [-0.2, -0.15) is 11.8 Å². The molecule has 2 unspecified atom stereocenters. The van der Waals surface area contributed by atoms with Crippen LogP contribution in [0.5, 0.6) is 0 Å². The number of thioether (sulfide) groups is 1. The maximum atomic E-state index is 10.1. The number of halogens is 1. The van der Waals surface area contributed by atoms with Gasteiger partial charge in [0.25, 0.3) is 0 Å². The number of aliphatic hydroxyl groups excluding tert-OH is 1. The van der Waals surface area contributed by atoms with E-state index in [1.54, 1.807) is 0 Å². The summed E-state index contributed by atoms with van der Waals surface area (Å²) in [5.74, 6) is 2.29. The predicted octanol–water partition coefficient (Wildman–Crippen LogP) is 3.26. The largest absolute Gasteiger partial charge is 0.388 e. The Morgan fingerprint density at radius 3 is 3.07 bits per heavy atom. The fourth-order valence-corrected chi connectivity index (χ4v) is 3.06. The third kappa shape index (κ3) is 1.92. The van der Waals surface area contributed by atoms with E-state index in [0.717, 1.165) is 17.1 Å². The van der Waals surface area contributed by atoms with E-state index >= 15 is 0 Å². The second-order valence-electron chi connectivity index (χ2n) is 3.78. The van der Waals surface area contributed by atoms with Gasteiger partial charge in [-0.3, -0.25) is 0 Å². The first-order chi connectivity index (χ1) is 6.68. The highest BCUT2D eigenvalue weighted by Gasteiger charge is 2.22. The van der Waals surface area contributed by atoms with Gasteiger partial charge in [0, 0.05) is 10.8 Å². The van der Waals surface area contributed by atoms with Crippen molar-refractivity contribution >= 4 is 23.4 Å². The number of rotatable bonds is 0. The molecule has 1 aromatic rings. The number of fused-ring (bicyclic) bond motifs is 1. The average molecular weight is 229 g/mol. The van der Waals surface area contributed by atoms with Crippen molar-refractivity contribution in [2.45, 2.75) is 18.8 Å². The van der Waals surface area contributed by atoms with Gasteiger partial charge < -0.3 is 5.11 Å². The van der Waals surface area contributed by atoms with Crippen LogP contribution in [0.15, 0.2) is 18.2 Å². The van der Waals surface area contributed by atoms with Gasteiger partial charge in [0.1, 0.15) is 0 Å². The summed E-state index contributed by atoms with van der Waals surface area (Å²) in [7, 11) is 0. The summed E-state index contributed by atoms with van der Waals surface area (Å²) >= 11 is 7.80. The van der Waals surface area contributed by atoms with E-state index in [0.29, 0.717) is 10.9 Å². The van der Waals surface area contributed by atoms with Crippen LogP contribution in [-0.2, 0) is 5.75 Å². The summed E-state index contributed by atoms with van der Waals surface area (Å²) < 4.78 is 0. The topological polar surface area (TPSA) is 20.2 Å². The minimum atomic E-state index is -0.362. The fourth-order valence-electron chi connectivity index (χ4n) is 1.73. The summed E-state index contributed by atoms with van der Waals surface area (Å²) in [6, 6.07) is 5.81. The molecular weight excluding hydrogens is 216 g/mol. The monoisotopic (exact) mass is 228 g/mol. The van der Waals surface area contributed by atoms with E-state index in [9.17, 15) is 5.11 Å². The molecule has 0 aliphatic carbocycles. The number of aliphatic hydroxyl groups is 1. The molecule has 0 radical (unpaired) electrons. The van der Waals surface area contributed by atoms with Gasteiger partial charge >= 0.3 is 0 Å². The third-order valence-corrected chi connectivity index (χ3v) is 4.12. The SMILES string of the molecule is CC1CSCc2ccc(Cl)cc2C1O.